The third kappa shape index (κ3) is 3.48. The molecule has 2 aromatic rings. The molecule has 140 valence electrons. The summed E-state index contributed by atoms with van der Waals surface area (Å²) in [6.07, 6.45) is 0. The summed E-state index contributed by atoms with van der Waals surface area (Å²) in [6, 6.07) is 7.02. The van der Waals surface area contributed by atoms with Gasteiger partial charge in [-0.05, 0) is 18.2 Å². The van der Waals surface area contributed by atoms with E-state index in [0.717, 1.165) is 0 Å². The number of fused-ring (bicyclic) bond motifs is 1. The lowest BCUT2D eigenvalue weighted by atomic mass is 9.98. The second kappa shape index (κ2) is 7.54. The maximum atomic E-state index is 14.4. The molecule has 1 heterocycles. The minimum absolute atomic E-state index is 0.0599. The van der Waals surface area contributed by atoms with Crippen LogP contribution in [0.2, 0.25) is 10.0 Å². The maximum absolute atomic E-state index is 14.4. The largest absolute Gasteiger partial charge is 0.341 e. The van der Waals surface area contributed by atoms with Crippen molar-refractivity contribution >= 4 is 52.2 Å². The second-order valence-corrected chi connectivity index (χ2v) is 6.53. The highest BCUT2D eigenvalue weighted by Gasteiger charge is 2.29. The normalized spacial score (nSPS) is 13.6. The summed E-state index contributed by atoms with van der Waals surface area (Å²) >= 11 is 12.8. The Morgan fingerprint density at radius 2 is 2.00 bits per heavy atom. The molecule has 2 aromatic carbocycles. The van der Waals surface area contributed by atoms with Gasteiger partial charge >= 0.3 is 6.03 Å². The SMILES string of the molecule is CNC(=O)Nc1c(Cl)cc2c(c1Cl)C(c1ccccc1F)=NCC(=O)N2C. The van der Waals surface area contributed by atoms with Crippen molar-refractivity contribution in [2.45, 2.75) is 0 Å². The first-order chi connectivity index (χ1) is 12.8. The number of amides is 3. The molecule has 0 unspecified atom stereocenters. The molecular weight excluding hydrogens is 394 g/mol. The molecule has 3 rings (SSSR count). The number of benzodiazepines with no additional fused rings is 1. The number of carbonyl (C=O) groups excluding carboxylic acids is 2. The van der Waals surface area contributed by atoms with Gasteiger partial charge in [0.05, 0.1) is 27.1 Å². The molecule has 0 fully saturated rings. The number of nitrogens with one attached hydrogen (secondary N) is 2. The summed E-state index contributed by atoms with van der Waals surface area (Å²) in [4.78, 5) is 29.7. The number of anilines is 2. The number of aliphatic imine (C=N–C) groups is 1. The predicted molar refractivity (Wildman–Crippen MR) is 105 cm³/mol. The first kappa shape index (κ1) is 19.1. The lowest BCUT2D eigenvalue weighted by Crippen LogP contribution is -2.28. The van der Waals surface area contributed by atoms with Gasteiger partial charge < -0.3 is 15.5 Å². The number of nitrogens with zero attached hydrogens (tertiary/aromatic N) is 2. The summed E-state index contributed by atoms with van der Waals surface area (Å²) in [7, 11) is 3.00. The fourth-order valence-corrected chi connectivity index (χ4v) is 3.36. The molecule has 0 bridgehead atoms. The van der Waals surface area contributed by atoms with Gasteiger partial charge in [0.2, 0.25) is 5.91 Å². The van der Waals surface area contributed by atoms with Crippen LogP contribution in [0.25, 0.3) is 0 Å². The Hall–Kier alpha value is -2.64. The summed E-state index contributed by atoms with van der Waals surface area (Å²) < 4.78 is 14.4. The number of likely N-dealkylation sites (N-methyl/N-ethyl adjacent to an activating group) is 1. The van der Waals surface area contributed by atoms with Crippen molar-refractivity contribution in [1.29, 1.82) is 0 Å². The van der Waals surface area contributed by atoms with Crippen LogP contribution in [0.5, 0.6) is 0 Å². The standard InChI is InChI=1S/C18H15Cl2FN4O2/c1-22-18(27)24-17-10(19)7-12-14(15(17)20)16(23-8-13(26)25(12)2)9-5-3-4-6-11(9)21/h3-7H,8H2,1-2H3,(H2,22,24,27). The Bertz CT molecular complexity index is 978. The summed E-state index contributed by atoms with van der Waals surface area (Å²) in [5.74, 6) is -0.812. The molecule has 6 nitrogen and oxygen atoms in total. The van der Waals surface area contributed by atoms with E-state index in [1.54, 1.807) is 25.2 Å². The van der Waals surface area contributed by atoms with E-state index in [2.05, 4.69) is 15.6 Å². The quantitative estimate of drug-likeness (QED) is 0.794. The zero-order chi connectivity index (χ0) is 19.7. The van der Waals surface area contributed by atoms with E-state index in [1.165, 1.54) is 24.1 Å². The fourth-order valence-electron chi connectivity index (χ4n) is 2.73. The third-order valence-corrected chi connectivity index (χ3v) is 4.81. The Kier molecular flexibility index (Phi) is 5.34. The smallest absolute Gasteiger partial charge is 0.319 e. The molecule has 0 aromatic heterocycles. The van der Waals surface area contributed by atoms with Crippen LogP contribution in [-0.4, -0.2) is 38.3 Å². The van der Waals surface area contributed by atoms with E-state index >= 15 is 0 Å². The van der Waals surface area contributed by atoms with Gasteiger partial charge in [-0.25, -0.2) is 9.18 Å². The average molecular weight is 409 g/mol. The van der Waals surface area contributed by atoms with Gasteiger partial charge in [0, 0.05) is 25.2 Å². The number of hydrogen-bond acceptors (Lipinski definition) is 3. The van der Waals surface area contributed by atoms with Gasteiger partial charge in [-0.2, -0.15) is 0 Å². The fraction of sp³-hybridized carbons (Fsp3) is 0.167. The van der Waals surface area contributed by atoms with E-state index in [-0.39, 0.29) is 39.5 Å². The summed E-state index contributed by atoms with van der Waals surface area (Å²) in [6.45, 7) is -0.180. The van der Waals surface area contributed by atoms with Crippen LogP contribution in [0.1, 0.15) is 11.1 Å². The van der Waals surface area contributed by atoms with Crippen LogP contribution >= 0.6 is 23.2 Å². The molecule has 0 saturated carbocycles. The molecule has 0 saturated heterocycles. The first-order valence-corrected chi connectivity index (χ1v) is 8.67. The van der Waals surface area contributed by atoms with E-state index < -0.39 is 11.8 Å². The molecule has 27 heavy (non-hydrogen) atoms. The third-order valence-electron chi connectivity index (χ3n) is 4.14. The number of urea groups is 1. The van der Waals surface area contributed by atoms with E-state index in [0.29, 0.717) is 11.3 Å². The lowest BCUT2D eigenvalue weighted by Gasteiger charge is -2.22. The molecule has 9 heteroatoms. The van der Waals surface area contributed by atoms with Gasteiger partial charge in [0.25, 0.3) is 0 Å². The Morgan fingerprint density at radius 3 is 2.67 bits per heavy atom. The van der Waals surface area contributed by atoms with Crippen LogP contribution in [0.15, 0.2) is 35.3 Å². The van der Waals surface area contributed by atoms with Crippen molar-refractivity contribution in [3.63, 3.8) is 0 Å². The first-order valence-electron chi connectivity index (χ1n) is 7.92. The number of benzene rings is 2. The van der Waals surface area contributed by atoms with Crippen molar-refractivity contribution in [3.05, 3.63) is 57.3 Å². The zero-order valence-corrected chi connectivity index (χ0v) is 16.0. The van der Waals surface area contributed by atoms with Crippen molar-refractivity contribution in [1.82, 2.24) is 5.32 Å². The van der Waals surface area contributed by atoms with E-state index in [1.807, 2.05) is 0 Å². The van der Waals surface area contributed by atoms with Gasteiger partial charge in [0.15, 0.2) is 0 Å². The van der Waals surface area contributed by atoms with Crippen molar-refractivity contribution in [3.8, 4) is 0 Å². The highest BCUT2D eigenvalue weighted by molar-refractivity contribution is 6.44. The van der Waals surface area contributed by atoms with Gasteiger partial charge in [0.1, 0.15) is 12.4 Å². The monoisotopic (exact) mass is 408 g/mol. The Labute approximate surface area is 165 Å². The predicted octanol–water partition coefficient (Wildman–Crippen LogP) is 3.70. The molecule has 3 amide bonds. The number of carbonyl (C=O) groups is 2. The van der Waals surface area contributed by atoms with Gasteiger partial charge in [-0.15, -0.1) is 0 Å². The molecule has 1 aliphatic heterocycles. The second-order valence-electron chi connectivity index (χ2n) is 5.74. The average Bonchev–Trinajstić information content (AvgIpc) is 2.77. The summed E-state index contributed by atoms with van der Waals surface area (Å²) in [5.41, 5.74) is 1.23. The topological polar surface area (TPSA) is 73.8 Å². The molecule has 1 aliphatic rings. The lowest BCUT2D eigenvalue weighted by molar-refractivity contribution is -0.116. The van der Waals surface area contributed by atoms with Crippen molar-refractivity contribution in [2.24, 2.45) is 4.99 Å². The Balaban J connectivity index is 2.31. The molecule has 2 N–H and O–H groups in total. The maximum Gasteiger partial charge on any atom is 0.319 e. The Morgan fingerprint density at radius 1 is 1.30 bits per heavy atom. The molecular formula is C18H15Cl2FN4O2. The van der Waals surface area contributed by atoms with Crippen LogP contribution in [0.3, 0.4) is 0 Å². The highest BCUT2D eigenvalue weighted by Crippen LogP contribution is 2.42. The van der Waals surface area contributed by atoms with Crippen LogP contribution < -0.4 is 15.5 Å². The van der Waals surface area contributed by atoms with Crippen LogP contribution in [-0.2, 0) is 4.79 Å². The van der Waals surface area contributed by atoms with Gasteiger partial charge in [-0.1, -0.05) is 35.3 Å². The summed E-state index contributed by atoms with van der Waals surface area (Å²) in [5, 5.41) is 5.15. The minimum atomic E-state index is -0.527. The minimum Gasteiger partial charge on any atom is -0.341 e. The molecule has 0 aliphatic carbocycles. The molecule has 0 atom stereocenters. The molecule has 0 radical (unpaired) electrons. The van der Waals surface area contributed by atoms with Crippen LogP contribution in [0, 0.1) is 5.82 Å². The highest BCUT2D eigenvalue weighted by atomic mass is 35.5. The number of hydrogen-bond donors (Lipinski definition) is 2. The van der Waals surface area contributed by atoms with E-state index in [9.17, 15) is 14.0 Å². The van der Waals surface area contributed by atoms with Crippen molar-refractivity contribution < 1.29 is 14.0 Å². The zero-order valence-electron chi connectivity index (χ0n) is 14.4. The number of rotatable bonds is 2. The molecule has 0 spiro atoms. The number of halogens is 3. The van der Waals surface area contributed by atoms with Crippen LogP contribution in [0.4, 0.5) is 20.6 Å². The van der Waals surface area contributed by atoms with Gasteiger partial charge in [-0.3, -0.25) is 9.79 Å². The van der Waals surface area contributed by atoms with Crippen molar-refractivity contribution in [2.75, 3.05) is 30.9 Å². The van der Waals surface area contributed by atoms with E-state index in [4.69, 9.17) is 23.2 Å².